The molecule has 4 N–H and O–H groups in total. The van der Waals surface area contributed by atoms with Gasteiger partial charge in [0.1, 0.15) is 5.75 Å². The molecule has 1 fully saturated rings. The van der Waals surface area contributed by atoms with E-state index in [4.69, 9.17) is 10.5 Å². The molecule has 0 atom stereocenters. The van der Waals surface area contributed by atoms with E-state index in [-0.39, 0.29) is 11.9 Å². The normalized spacial score (nSPS) is 15.4. The van der Waals surface area contributed by atoms with Crippen LogP contribution in [0.4, 0.5) is 0 Å². The summed E-state index contributed by atoms with van der Waals surface area (Å²) in [6, 6.07) is 6.82. The Bertz CT molecular complexity index is 481. The van der Waals surface area contributed by atoms with Gasteiger partial charge < -0.3 is 21.1 Å². The molecule has 114 valence electrons. The first-order valence-corrected chi connectivity index (χ1v) is 7.18. The molecular formula is C15H21N3O3. The number of ether oxygens (including phenoxy) is 1. The first kappa shape index (κ1) is 15.3. The lowest BCUT2D eigenvalue weighted by molar-refractivity contribution is -0.122. The smallest absolute Gasteiger partial charge is 0.248 e. The number of hydrogen-bond acceptors (Lipinski definition) is 4. The van der Waals surface area contributed by atoms with Gasteiger partial charge in [-0.1, -0.05) is 0 Å². The van der Waals surface area contributed by atoms with Crippen LogP contribution in [0.25, 0.3) is 0 Å². The molecule has 2 amide bonds. The highest BCUT2D eigenvalue weighted by molar-refractivity contribution is 5.92. The molecule has 0 radical (unpaired) electrons. The molecule has 0 aromatic heterocycles. The number of benzene rings is 1. The number of primary amides is 1. The summed E-state index contributed by atoms with van der Waals surface area (Å²) in [5.41, 5.74) is 5.59. The Morgan fingerprint density at radius 1 is 1.24 bits per heavy atom. The lowest BCUT2D eigenvalue weighted by Gasteiger charge is -2.23. The van der Waals surface area contributed by atoms with Crippen LogP contribution in [0.2, 0.25) is 0 Å². The third-order valence-electron chi connectivity index (χ3n) is 3.44. The van der Waals surface area contributed by atoms with Gasteiger partial charge in [0, 0.05) is 11.6 Å². The number of carbonyl (C=O) groups is 2. The predicted octanol–water partition coefficient (Wildman–Crippen LogP) is 0.423. The summed E-state index contributed by atoms with van der Waals surface area (Å²) in [7, 11) is 0. The minimum absolute atomic E-state index is 0.00987. The van der Waals surface area contributed by atoms with E-state index in [9.17, 15) is 9.59 Å². The van der Waals surface area contributed by atoms with Crippen molar-refractivity contribution in [2.45, 2.75) is 25.3 Å². The van der Waals surface area contributed by atoms with E-state index in [1.54, 1.807) is 24.3 Å². The van der Waals surface area contributed by atoms with Gasteiger partial charge in [0.15, 0.2) is 0 Å². The zero-order valence-corrected chi connectivity index (χ0v) is 11.9. The molecule has 2 rings (SSSR count). The molecule has 1 aromatic rings. The average molecular weight is 291 g/mol. The summed E-state index contributed by atoms with van der Waals surface area (Å²) in [4.78, 5) is 22.7. The number of amides is 2. The molecule has 0 spiro atoms. The maximum atomic E-state index is 11.8. The molecule has 1 saturated heterocycles. The van der Waals surface area contributed by atoms with Crippen LogP contribution in [0, 0.1) is 0 Å². The van der Waals surface area contributed by atoms with E-state index in [1.165, 1.54) is 0 Å². The summed E-state index contributed by atoms with van der Waals surface area (Å²) in [6.45, 7) is 2.22. The van der Waals surface area contributed by atoms with Gasteiger partial charge in [-0.2, -0.15) is 0 Å². The van der Waals surface area contributed by atoms with E-state index in [1.807, 2.05) is 0 Å². The average Bonchev–Trinajstić information content (AvgIpc) is 2.49. The SMILES string of the molecule is NC(=O)c1ccc(OCCC(=O)NC2CCNCC2)cc1. The van der Waals surface area contributed by atoms with Crippen molar-refractivity contribution in [2.75, 3.05) is 19.7 Å². The summed E-state index contributed by atoms with van der Waals surface area (Å²) in [5.74, 6) is 0.160. The topological polar surface area (TPSA) is 93.5 Å². The molecule has 0 bridgehead atoms. The predicted molar refractivity (Wildman–Crippen MR) is 79.1 cm³/mol. The number of piperidine rings is 1. The van der Waals surface area contributed by atoms with Gasteiger partial charge >= 0.3 is 0 Å². The van der Waals surface area contributed by atoms with Crippen LogP contribution < -0.4 is 21.1 Å². The highest BCUT2D eigenvalue weighted by Gasteiger charge is 2.15. The van der Waals surface area contributed by atoms with Crippen molar-refractivity contribution in [3.63, 3.8) is 0 Å². The third kappa shape index (κ3) is 5.07. The largest absolute Gasteiger partial charge is 0.493 e. The first-order valence-electron chi connectivity index (χ1n) is 7.18. The Kier molecular flexibility index (Phi) is 5.57. The molecule has 21 heavy (non-hydrogen) atoms. The van der Waals surface area contributed by atoms with Gasteiger partial charge in [-0.3, -0.25) is 9.59 Å². The summed E-state index contributed by atoms with van der Waals surface area (Å²) >= 11 is 0. The minimum atomic E-state index is -0.470. The highest BCUT2D eigenvalue weighted by Crippen LogP contribution is 2.12. The summed E-state index contributed by atoms with van der Waals surface area (Å²) in [6.07, 6.45) is 2.27. The zero-order valence-electron chi connectivity index (χ0n) is 11.9. The van der Waals surface area contributed by atoms with Crippen molar-refractivity contribution in [3.8, 4) is 5.75 Å². The summed E-state index contributed by atoms with van der Waals surface area (Å²) < 4.78 is 5.48. The molecule has 1 heterocycles. The van der Waals surface area contributed by atoms with Gasteiger partial charge in [0.2, 0.25) is 11.8 Å². The van der Waals surface area contributed by atoms with E-state index in [0.29, 0.717) is 24.3 Å². The Morgan fingerprint density at radius 3 is 2.52 bits per heavy atom. The Labute approximate surface area is 124 Å². The van der Waals surface area contributed by atoms with Gasteiger partial charge in [-0.15, -0.1) is 0 Å². The van der Waals surface area contributed by atoms with Crippen molar-refractivity contribution in [3.05, 3.63) is 29.8 Å². The maximum Gasteiger partial charge on any atom is 0.248 e. The van der Waals surface area contributed by atoms with Crippen LogP contribution in [-0.4, -0.2) is 37.6 Å². The van der Waals surface area contributed by atoms with E-state index in [2.05, 4.69) is 10.6 Å². The molecule has 1 aliphatic heterocycles. The van der Waals surface area contributed by atoms with Crippen molar-refractivity contribution >= 4 is 11.8 Å². The Morgan fingerprint density at radius 2 is 1.90 bits per heavy atom. The van der Waals surface area contributed by atoms with Gasteiger partial charge in [0.05, 0.1) is 13.0 Å². The molecule has 6 nitrogen and oxygen atoms in total. The fourth-order valence-electron chi connectivity index (χ4n) is 2.24. The first-order chi connectivity index (χ1) is 10.1. The quantitative estimate of drug-likeness (QED) is 0.708. The molecule has 6 heteroatoms. The number of nitrogens with two attached hydrogens (primary N) is 1. The van der Waals surface area contributed by atoms with Crippen LogP contribution in [0.3, 0.4) is 0 Å². The van der Waals surface area contributed by atoms with Crippen LogP contribution in [0.5, 0.6) is 5.75 Å². The number of nitrogens with one attached hydrogen (secondary N) is 2. The molecule has 1 aromatic carbocycles. The van der Waals surface area contributed by atoms with E-state index < -0.39 is 5.91 Å². The highest BCUT2D eigenvalue weighted by atomic mass is 16.5. The van der Waals surface area contributed by atoms with Crippen LogP contribution >= 0.6 is 0 Å². The second-order valence-corrected chi connectivity index (χ2v) is 5.08. The number of hydrogen-bond donors (Lipinski definition) is 3. The lowest BCUT2D eigenvalue weighted by Crippen LogP contribution is -2.43. The lowest BCUT2D eigenvalue weighted by atomic mass is 10.1. The fourth-order valence-corrected chi connectivity index (χ4v) is 2.24. The minimum Gasteiger partial charge on any atom is -0.493 e. The molecule has 0 saturated carbocycles. The van der Waals surface area contributed by atoms with Gasteiger partial charge in [-0.05, 0) is 50.2 Å². The van der Waals surface area contributed by atoms with Crippen LogP contribution in [0.1, 0.15) is 29.6 Å². The molecule has 1 aliphatic rings. The van der Waals surface area contributed by atoms with Gasteiger partial charge in [0.25, 0.3) is 0 Å². The zero-order chi connectivity index (χ0) is 15.1. The maximum absolute atomic E-state index is 11.8. The van der Waals surface area contributed by atoms with E-state index >= 15 is 0 Å². The monoisotopic (exact) mass is 291 g/mol. The standard InChI is InChI=1S/C15H21N3O3/c16-15(20)11-1-3-13(4-2-11)21-10-7-14(19)18-12-5-8-17-9-6-12/h1-4,12,17H,5-10H2,(H2,16,20)(H,18,19). The van der Waals surface area contributed by atoms with Crippen molar-refractivity contribution in [2.24, 2.45) is 5.73 Å². The second kappa shape index (κ2) is 7.64. The van der Waals surface area contributed by atoms with Crippen molar-refractivity contribution in [1.29, 1.82) is 0 Å². The fraction of sp³-hybridized carbons (Fsp3) is 0.467. The molecular weight excluding hydrogens is 270 g/mol. The van der Waals surface area contributed by atoms with Crippen molar-refractivity contribution < 1.29 is 14.3 Å². The third-order valence-corrected chi connectivity index (χ3v) is 3.44. The summed E-state index contributed by atoms with van der Waals surface area (Å²) in [5, 5.41) is 6.27. The molecule has 0 unspecified atom stereocenters. The van der Waals surface area contributed by atoms with Crippen molar-refractivity contribution in [1.82, 2.24) is 10.6 Å². The van der Waals surface area contributed by atoms with Crippen LogP contribution in [-0.2, 0) is 4.79 Å². The van der Waals surface area contributed by atoms with E-state index in [0.717, 1.165) is 25.9 Å². The Balaban J connectivity index is 1.68. The number of rotatable bonds is 6. The molecule has 0 aliphatic carbocycles. The second-order valence-electron chi connectivity index (χ2n) is 5.08. The van der Waals surface area contributed by atoms with Crippen LogP contribution in [0.15, 0.2) is 24.3 Å². The number of carbonyl (C=O) groups excluding carboxylic acids is 2. The van der Waals surface area contributed by atoms with Gasteiger partial charge in [-0.25, -0.2) is 0 Å². The Hall–Kier alpha value is -2.08.